The number of hydrogen-bond acceptors (Lipinski definition) is 4. The number of fused-ring (bicyclic) bond motifs is 1. The van der Waals surface area contributed by atoms with Gasteiger partial charge in [0.1, 0.15) is 10.4 Å². The Balaban J connectivity index is 1.89. The highest BCUT2D eigenvalue weighted by Gasteiger charge is 2.33. The molecule has 1 aromatic rings. The second-order valence-electron chi connectivity index (χ2n) is 7.07. The summed E-state index contributed by atoms with van der Waals surface area (Å²) in [6.45, 7) is 7.09. The number of aromatic nitrogens is 2. The van der Waals surface area contributed by atoms with Gasteiger partial charge in [-0.1, -0.05) is 22.0 Å². The van der Waals surface area contributed by atoms with Crippen LogP contribution >= 0.6 is 15.9 Å². The largest absolute Gasteiger partial charge is 0.459 e. The van der Waals surface area contributed by atoms with Crippen LogP contribution in [0.15, 0.2) is 12.3 Å². The van der Waals surface area contributed by atoms with Crippen LogP contribution in [0.25, 0.3) is 5.57 Å². The third-order valence-electron chi connectivity index (χ3n) is 4.06. The number of halogens is 1. The van der Waals surface area contributed by atoms with Crippen LogP contribution in [-0.4, -0.2) is 39.4 Å². The zero-order chi connectivity index (χ0) is 16.6. The number of nitrogens with zero attached hydrogens (tertiary/aromatic N) is 2. The molecule has 1 aliphatic carbocycles. The molecule has 23 heavy (non-hydrogen) atoms. The number of rotatable bonds is 3. The number of hydrogen-bond donors (Lipinski definition) is 0. The molecular formula is C17H23BrN2O3. The molecule has 3 rings (SSSR count). The van der Waals surface area contributed by atoms with E-state index in [4.69, 9.17) is 9.47 Å². The maximum atomic E-state index is 12.5. The number of aryl methyl sites for hydroxylation is 1. The van der Waals surface area contributed by atoms with Crippen LogP contribution in [0, 0.1) is 0 Å². The topological polar surface area (TPSA) is 53.3 Å². The number of allylic oxidation sites excluding steroid dienone is 1. The number of alkyl halides is 1. The van der Waals surface area contributed by atoms with Gasteiger partial charge in [0.2, 0.25) is 0 Å². The van der Waals surface area contributed by atoms with Crippen molar-refractivity contribution < 1.29 is 14.3 Å². The molecule has 1 fully saturated rings. The molecule has 0 spiro atoms. The van der Waals surface area contributed by atoms with Crippen molar-refractivity contribution in [1.29, 1.82) is 0 Å². The van der Waals surface area contributed by atoms with Crippen molar-refractivity contribution in [3.05, 3.63) is 23.5 Å². The predicted octanol–water partition coefficient (Wildman–Crippen LogP) is 3.28. The summed E-state index contributed by atoms with van der Waals surface area (Å²) in [5.74, 6) is -0.257. The van der Waals surface area contributed by atoms with E-state index in [1.807, 2.05) is 31.6 Å². The van der Waals surface area contributed by atoms with Crippen molar-refractivity contribution in [3.8, 4) is 0 Å². The van der Waals surface area contributed by atoms with Gasteiger partial charge in [-0.15, -0.1) is 0 Å². The molecule has 0 amide bonds. The van der Waals surface area contributed by atoms with Gasteiger partial charge in [-0.05, 0) is 51.2 Å². The molecule has 0 saturated carbocycles. The molecule has 1 unspecified atom stereocenters. The third-order valence-corrected chi connectivity index (χ3v) is 4.93. The molecule has 0 radical (unpaired) electrons. The fraction of sp³-hybridized carbons (Fsp3) is 0.647. The average molecular weight is 383 g/mol. The lowest BCUT2D eigenvalue weighted by Gasteiger charge is -2.25. The summed E-state index contributed by atoms with van der Waals surface area (Å²) < 4.78 is 13.1. The number of ether oxygens (including phenoxy) is 2. The lowest BCUT2D eigenvalue weighted by Crippen LogP contribution is -2.31. The van der Waals surface area contributed by atoms with Crippen molar-refractivity contribution in [1.82, 2.24) is 9.78 Å². The lowest BCUT2D eigenvalue weighted by molar-refractivity contribution is -0.152. The first kappa shape index (κ1) is 16.7. The Morgan fingerprint density at radius 1 is 1.52 bits per heavy atom. The SMILES string of the molecule is CC(C)(C)OC(=O)C(Br)C1=CCCc2cnn([C@@H]3CCOC3)c21. The Hall–Kier alpha value is -1.14. The van der Waals surface area contributed by atoms with Crippen molar-refractivity contribution in [2.45, 2.75) is 56.5 Å². The summed E-state index contributed by atoms with van der Waals surface area (Å²) in [5.41, 5.74) is 2.72. The summed E-state index contributed by atoms with van der Waals surface area (Å²) in [6.07, 6.45) is 6.89. The van der Waals surface area contributed by atoms with Crippen LogP contribution in [0.1, 0.15) is 50.9 Å². The van der Waals surface area contributed by atoms with E-state index in [1.165, 1.54) is 5.56 Å². The molecule has 126 valence electrons. The molecule has 0 bridgehead atoms. The van der Waals surface area contributed by atoms with Gasteiger partial charge in [-0.2, -0.15) is 5.10 Å². The Kier molecular flexibility index (Phi) is 4.65. The predicted molar refractivity (Wildman–Crippen MR) is 91.6 cm³/mol. The maximum absolute atomic E-state index is 12.5. The normalized spacial score (nSPS) is 22.4. The molecular weight excluding hydrogens is 360 g/mol. The van der Waals surface area contributed by atoms with Crippen LogP contribution in [0.2, 0.25) is 0 Å². The van der Waals surface area contributed by atoms with E-state index in [9.17, 15) is 4.79 Å². The Morgan fingerprint density at radius 3 is 2.96 bits per heavy atom. The smallest absolute Gasteiger partial charge is 0.324 e. The van der Waals surface area contributed by atoms with E-state index in [-0.39, 0.29) is 12.0 Å². The monoisotopic (exact) mass is 382 g/mol. The first-order valence-corrected chi connectivity index (χ1v) is 9.00. The first-order valence-electron chi connectivity index (χ1n) is 8.08. The summed E-state index contributed by atoms with van der Waals surface area (Å²) in [5, 5.41) is 4.57. The van der Waals surface area contributed by atoms with Crippen LogP contribution in [-0.2, 0) is 20.7 Å². The highest BCUT2D eigenvalue weighted by molar-refractivity contribution is 9.10. The average Bonchev–Trinajstić information content (AvgIpc) is 3.12. The van der Waals surface area contributed by atoms with E-state index in [2.05, 4.69) is 27.1 Å². The van der Waals surface area contributed by atoms with E-state index in [1.54, 1.807) is 0 Å². The maximum Gasteiger partial charge on any atom is 0.324 e. The minimum atomic E-state index is -0.499. The van der Waals surface area contributed by atoms with Crippen LogP contribution < -0.4 is 0 Å². The van der Waals surface area contributed by atoms with Gasteiger partial charge >= 0.3 is 5.97 Å². The standard InChI is InChI=1S/C17H23BrN2O3/c1-17(2,3)23-16(21)14(18)13-6-4-5-11-9-19-20(15(11)13)12-7-8-22-10-12/h6,9,12,14H,4-5,7-8,10H2,1-3H3/t12-,14?/m1/s1. The number of carbonyl (C=O) groups is 1. The minimum absolute atomic E-state index is 0.249. The fourth-order valence-electron chi connectivity index (χ4n) is 3.07. The zero-order valence-electron chi connectivity index (χ0n) is 13.8. The molecule has 0 aromatic carbocycles. The number of carbonyl (C=O) groups excluding carboxylic acids is 1. The Labute approximate surface area is 145 Å². The molecule has 5 nitrogen and oxygen atoms in total. The van der Waals surface area contributed by atoms with Crippen molar-refractivity contribution in [2.24, 2.45) is 0 Å². The molecule has 1 aromatic heterocycles. The second kappa shape index (κ2) is 6.40. The van der Waals surface area contributed by atoms with Crippen LogP contribution in [0.4, 0.5) is 0 Å². The summed E-state index contributed by atoms with van der Waals surface area (Å²) in [4.78, 5) is 12.0. The van der Waals surface area contributed by atoms with E-state index < -0.39 is 10.4 Å². The van der Waals surface area contributed by atoms with E-state index in [0.717, 1.165) is 37.1 Å². The number of esters is 1. The third kappa shape index (κ3) is 3.53. The van der Waals surface area contributed by atoms with Gasteiger partial charge in [0, 0.05) is 6.61 Å². The molecule has 0 N–H and O–H groups in total. The van der Waals surface area contributed by atoms with Crippen molar-refractivity contribution >= 4 is 27.5 Å². The quantitative estimate of drug-likeness (QED) is 0.594. The summed E-state index contributed by atoms with van der Waals surface area (Å²) in [7, 11) is 0. The van der Waals surface area contributed by atoms with Crippen LogP contribution in [0.5, 0.6) is 0 Å². The first-order chi connectivity index (χ1) is 10.9. The molecule has 2 atom stereocenters. The van der Waals surface area contributed by atoms with E-state index in [0.29, 0.717) is 6.61 Å². The van der Waals surface area contributed by atoms with Gasteiger partial charge in [0.05, 0.1) is 24.5 Å². The summed E-state index contributed by atoms with van der Waals surface area (Å²) in [6, 6.07) is 0.249. The van der Waals surface area contributed by atoms with Crippen molar-refractivity contribution in [3.63, 3.8) is 0 Å². The molecule has 1 saturated heterocycles. The van der Waals surface area contributed by atoms with E-state index >= 15 is 0 Å². The highest BCUT2D eigenvalue weighted by atomic mass is 79.9. The molecule has 6 heteroatoms. The Morgan fingerprint density at radius 2 is 2.30 bits per heavy atom. The van der Waals surface area contributed by atoms with Gasteiger partial charge in [0.15, 0.2) is 0 Å². The molecule has 2 aliphatic rings. The van der Waals surface area contributed by atoms with Crippen LogP contribution in [0.3, 0.4) is 0 Å². The molecule has 1 aliphatic heterocycles. The van der Waals surface area contributed by atoms with Gasteiger partial charge < -0.3 is 9.47 Å². The molecule has 2 heterocycles. The van der Waals surface area contributed by atoms with Gasteiger partial charge in [-0.25, -0.2) is 0 Å². The van der Waals surface area contributed by atoms with Gasteiger partial charge in [-0.3, -0.25) is 9.48 Å². The lowest BCUT2D eigenvalue weighted by atomic mass is 9.94. The minimum Gasteiger partial charge on any atom is -0.459 e. The highest BCUT2D eigenvalue weighted by Crippen LogP contribution is 2.35. The zero-order valence-corrected chi connectivity index (χ0v) is 15.4. The fourth-order valence-corrected chi connectivity index (χ4v) is 3.57. The summed E-state index contributed by atoms with van der Waals surface area (Å²) >= 11 is 3.54. The second-order valence-corrected chi connectivity index (χ2v) is 7.99. The van der Waals surface area contributed by atoms with Crippen molar-refractivity contribution in [2.75, 3.05) is 13.2 Å². The van der Waals surface area contributed by atoms with Gasteiger partial charge in [0.25, 0.3) is 0 Å². The Bertz CT molecular complexity index is 624.